The van der Waals surface area contributed by atoms with Gasteiger partial charge in [-0.1, -0.05) is 0 Å². The lowest BCUT2D eigenvalue weighted by atomic mass is 10.1. The average molecular weight is 368 g/mol. The Hall–Kier alpha value is -2.93. The Labute approximate surface area is 150 Å². The number of rotatable bonds is 3. The van der Waals surface area contributed by atoms with Gasteiger partial charge in [0, 0.05) is 17.2 Å². The van der Waals surface area contributed by atoms with Crippen molar-refractivity contribution in [3.8, 4) is 17.0 Å². The predicted molar refractivity (Wildman–Crippen MR) is 100.0 cm³/mol. The van der Waals surface area contributed by atoms with Crippen molar-refractivity contribution in [3.05, 3.63) is 70.5 Å². The molecule has 3 heterocycles. The number of allylic oxidation sites excluding steroid dienone is 1. The maximum absolute atomic E-state index is 12.7. The normalized spacial score (nSPS) is 18.3. The van der Waals surface area contributed by atoms with Crippen LogP contribution in [-0.2, 0) is 9.84 Å². The van der Waals surface area contributed by atoms with Gasteiger partial charge in [-0.15, -0.1) is 0 Å². The lowest BCUT2D eigenvalue weighted by Crippen LogP contribution is -2.25. The fourth-order valence-corrected chi connectivity index (χ4v) is 4.34. The van der Waals surface area contributed by atoms with Gasteiger partial charge in [0.2, 0.25) is 0 Å². The van der Waals surface area contributed by atoms with Crippen LogP contribution in [0.3, 0.4) is 0 Å². The summed E-state index contributed by atoms with van der Waals surface area (Å²) in [4.78, 5) is 17.3. The minimum atomic E-state index is -3.23. The van der Waals surface area contributed by atoms with Crippen LogP contribution in [0.15, 0.2) is 64.9 Å². The summed E-state index contributed by atoms with van der Waals surface area (Å²) in [6.45, 7) is 0. The molecule has 0 saturated heterocycles. The Morgan fingerprint density at radius 3 is 2.54 bits per heavy atom. The molecule has 0 spiro atoms. The molecule has 7 heteroatoms. The van der Waals surface area contributed by atoms with E-state index in [9.17, 15) is 13.2 Å². The molecule has 0 aliphatic carbocycles. The molecule has 0 saturated carbocycles. The number of nitrogens with zero attached hydrogens (tertiary/aromatic N) is 2. The molecule has 3 aromatic rings. The second kappa shape index (κ2) is 6.10. The van der Waals surface area contributed by atoms with Gasteiger partial charge in [0.25, 0.3) is 5.56 Å². The van der Waals surface area contributed by atoms with Gasteiger partial charge in [-0.25, -0.2) is 13.4 Å². The third-order valence-electron chi connectivity index (χ3n) is 4.44. The molecule has 26 heavy (non-hydrogen) atoms. The summed E-state index contributed by atoms with van der Waals surface area (Å²) < 4.78 is 29.8. The first-order valence-electron chi connectivity index (χ1n) is 8.04. The Balaban J connectivity index is 1.75. The number of sulfone groups is 1. The summed E-state index contributed by atoms with van der Waals surface area (Å²) in [5.41, 5.74) is 2.00. The summed E-state index contributed by atoms with van der Waals surface area (Å²) in [6.07, 6.45) is 3.15. The van der Waals surface area contributed by atoms with Crippen LogP contribution in [-0.4, -0.2) is 30.8 Å². The SMILES string of the molecule is COc1ccc(-c2ccc3c(=O)n([C@@H]4C=CS(=O)(=O)C4)ccc3n2)cc1. The third-order valence-corrected chi connectivity index (χ3v) is 5.81. The molecule has 1 aliphatic heterocycles. The zero-order valence-electron chi connectivity index (χ0n) is 14.0. The largest absolute Gasteiger partial charge is 0.497 e. The predicted octanol–water partition coefficient (Wildman–Crippen LogP) is 2.56. The fourth-order valence-electron chi connectivity index (χ4n) is 3.06. The highest BCUT2D eigenvalue weighted by Gasteiger charge is 2.24. The minimum absolute atomic E-state index is 0.0875. The highest BCUT2D eigenvalue weighted by Crippen LogP contribution is 2.23. The topological polar surface area (TPSA) is 78.3 Å². The quantitative estimate of drug-likeness (QED) is 0.710. The van der Waals surface area contributed by atoms with E-state index < -0.39 is 15.9 Å². The van der Waals surface area contributed by atoms with Crippen LogP contribution < -0.4 is 10.3 Å². The summed E-state index contributed by atoms with van der Waals surface area (Å²) in [5, 5.41) is 1.63. The van der Waals surface area contributed by atoms with Crippen molar-refractivity contribution < 1.29 is 13.2 Å². The highest BCUT2D eigenvalue weighted by molar-refractivity contribution is 7.94. The number of benzene rings is 1. The van der Waals surface area contributed by atoms with Crippen molar-refractivity contribution >= 4 is 20.7 Å². The van der Waals surface area contributed by atoms with Crippen molar-refractivity contribution in [3.63, 3.8) is 0 Å². The lowest BCUT2D eigenvalue weighted by molar-refractivity contribution is 0.415. The highest BCUT2D eigenvalue weighted by atomic mass is 32.2. The molecule has 2 aromatic heterocycles. The van der Waals surface area contributed by atoms with Crippen molar-refractivity contribution in [2.45, 2.75) is 6.04 Å². The van der Waals surface area contributed by atoms with Gasteiger partial charge < -0.3 is 9.30 Å². The Bertz CT molecular complexity index is 1180. The molecule has 1 aliphatic rings. The standard InChI is InChI=1S/C19H16N2O4S/c1-25-15-4-2-13(3-5-15)17-7-6-16-18(20-17)8-10-21(19(16)22)14-9-11-26(23,24)12-14/h2-11,14H,12H2,1H3/t14-/m1/s1. The number of pyridine rings is 2. The van der Waals surface area contributed by atoms with Crippen LogP contribution >= 0.6 is 0 Å². The van der Waals surface area contributed by atoms with Gasteiger partial charge in [0.05, 0.1) is 35.5 Å². The zero-order chi connectivity index (χ0) is 18.3. The summed E-state index contributed by atoms with van der Waals surface area (Å²) in [5.74, 6) is 0.674. The first-order valence-corrected chi connectivity index (χ1v) is 9.76. The fraction of sp³-hybridized carbons (Fsp3) is 0.158. The van der Waals surface area contributed by atoms with Crippen molar-refractivity contribution in [2.24, 2.45) is 0 Å². The van der Waals surface area contributed by atoms with Crippen molar-refractivity contribution in [1.29, 1.82) is 0 Å². The second-order valence-electron chi connectivity index (χ2n) is 6.11. The maximum atomic E-state index is 12.7. The van der Waals surface area contributed by atoms with Crippen LogP contribution in [0, 0.1) is 0 Å². The molecule has 0 radical (unpaired) electrons. The molecule has 0 bridgehead atoms. The number of aromatic nitrogens is 2. The molecule has 0 N–H and O–H groups in total. The Morgan fingerprint density at radius 1 is 1.12 bits per heavy atom. The molecular weight excluding hydrogens is 352 g/mol. The Morgan fingerprint density at radius 2 is 1.88 bits per heavy atom. The molecule has 6 nitrogen and oxygen atoms in total. The number of fused-ring (bicyclic) bond motifs is 1. The maximum Gasteiger partial charge on any atom is 0.260 e. The average Bonchev–Trinajstić information content (AvgIpc) is 3.01. The molecule has 0 unspecified atom stereocenters. The van der Waals surface area contributed by atoms with Gasteiger partial charge in [0.15, 0.2) is 9.84 Å². The molecular formula is C19H16N2O4S. The van der Waals surface area contributed by atoms with Crippen LogP contribution in [0.2, 0.25) is 0 Å². The molecule has 0 fully saturated rings. The van der Waals surface area contributed by atoms with E-state index in [0.29, 0.717) is 10.9 Å². The minimum Gasteiger partial charge on any atom is -0.497 e. The van der Waals surface area contributed by atoms with Crippen molar-refractivity contribution in [2.75, 3.05) is 12.9 Å². The first kappa shape index (κ1) is 16.5. The molecule has 1 atom stereocenters. The Kier molecular flexibility index (Phi) is 3.88. The molecule has 132 valence electrons. The summed E-state index contributed by atoms with van der Waals surface area (Å²) >= 11 is 0. The van der Waals surface area contributed by atoms with Crippen LogP contribution in [0.1, 0.15) is 6.04 Å². The van der Waals surface area contributed by atoms with Crippen LogP contribution in [0.4, 0.5) is 0 Å². The molecule has 4 rings (SSSR count). The van der Waals surface area contributed by atoms with Crippen LogP contribution in [0.25, 0.3) is 22.2 Å². The number of methoxy groups -OCH3 is 1. The van der Waals surface area contributed by atoms with Gasteiger partial charge in [-0.05, 0) is 48.5 Å². The number of hydrogen-bond donors (Lipinski definition) is 0. The van der Waals surface area contributed by atoms with E-state index in [-0.39, 0.29) is 11.3 Å². The van der Waals surface area contributed by atoms with E-state index in [1.165, 1.54) is 9.98 Å². The van der Waals surface area contributed by atoms with Gasteiger partial charge >= 0.3 is 0 Å². The van der Waals surface area contributed by atoms with Crippen molar-refractivity contribution in [1.82, 2.24) is 9.55 Å². The zero-order valence-corrected chi connectivity index (χ0v) is 14.8. The van der Waals surface area contributed by atoms with E-state index in [1.54, 1.807) is 37.6 Å². The summed E-state index contributed by atoms with van der Waals surface area (Å²) in [7, 11) is -1.62. The smallest absolute Gasteiger partial charge is 0.260 e. The van der Waals surface area contributed by atoms with Crippen LogP contribution in [0.5, 0.6) is 5.75 Å². The molecule has 0 amide bonds. The molecule has 1 aromatic carbocycles. The van der Waals surface area contributed by atoms with Gasteiger partial charge in [0.1, 0.15) is 5.75 Å². The van der Waals surface area contributed by atoms with E-state index in [1.807, 2.05) is 24.3 Å². The van der Waals surface area contributed by atoms with Gasteiger partial charge in [-0.2, -0.15) is 0 Å². The van der Waals surface area contributed by atoms with E-state index in [2.05, 4.69) is 4.98 Å². The monoisotopic (exact) mass is 368 g/mol. The lowest BCUT2D eigenvalue weighted by Gasteiger charge is -2.12. The van der Waals surface area contributed by atoms with E-state index in [0.717, 1.165) is 17.0 Å². The first-order chi connectivity index (χ1) is 12.5. The van der Waals surface area contributed by atoms with E-state index in [4.69, 9.17) is 4.74 Å². The van der Waals surface area contributed by atoms with Gasteiger partial charge in [-0.3, -0.25) is 4.79 Å². The number of ether oxygens (including phenoxy) is 1. The third kappa shape index (κ3) is 2.90. The van der Waals surface area contributed by atoms with E-state index >= 15 is 0 Å². The second-order valence-corrected chi connectivity index (χ2v) is 8.04. The number of hydrogen-bond acceptors (Lipinski definition) is 5. The summed E-state index contributed by atoms with van der Waals surface area (Å²) in [6, 6.07) is 12.3.